The van der Waals surface area contributed by atoms with Crippen LogP contribution in [0.2, 0.25) is 0 Å². The van der Waals surface area contributed by atoms with E-state index in [1.807, 2.05) is 9.80 Å². The molecule has 17 heteroatoms. The van der Waals surface area contributed by atoms with Crippen LogP contribution >= 0.6 is 34.3 Å². The second-order valence-electron chi connectivity index (χ2n) is 28.7. The van der Waals surface area contributed by atoms with Crippen LogP contribution in [0.4, 0.5) is 0 Å². The van der Waals surface area contributed by atoms with E-state index in [4.69, 9.17) is 11.6 Å². The van der Waals surface area contributed by atoms with Gasteiger partial charge in [0.2, 0.25) is 23.6 Å². The number of aromatic amines is 2. The Bertz CT molecular complexity index is 3480. The summed E-state index contributed by atoms with van der Waals surface area (Å²) in [6, 6.07) is 21.2. The number of amides is 4. The first-order valence-electron chi connectivity index (χ1n) is 33.8. The minimum atomic E-state index is -0.526. The Hall–Kier alpha value is -5.07. The summed E-state index contributed by atoms with van der Waals surface area (Å²) in [5, 5.41) is 5.90. The van der Waals surface area contributed by atoms with Crippen LogP contribution in [-0.2, 0) is 42.8 Å². The van der Waals surface area contributed by atoms with Crippen molar-refractivity contribution in [2.24, 2.45) is 0 Å². The maximum Gasteiger partial charge on any atom is 0.233 e. The Labute approximate surface area is 542 Å². The minimum Gasteiger partial charge on any atom is -0.346 e. The van der Waals surface area contributed by atoms with Gasteiger partial charge >= 0.3 is 0 Å². The molecule has 0 spiro atoms. The zero-order valence-electron chi connectivity index (χ0n) is 54.9. The fraction of sp³-hybridized carbons (Fsp3) is 0.611. The number of halogens is 1. The number of H-pyrrole nitrogens is 2. The molecule has 2 unspecified atom stereocenters. The zero-order chi connectivity index (χ0) is 62.6. The lowest BCUT2D eigenvalue weighted by Gasteiger charge is -2.37. The topological polar surface area (TPSA) is 135 Å². The van der Waals surface area contributed by atoms with Crippen LogP contribution < -0.4 is 5.32 Å². The maximum absolute atomic E-state index is 14.0. The molecule has 8 aliphatic rings. The molecule has 8 fully saturated rings. The van der Waals surface area contributed by atoms with E-state index in [0.29, 0.717) is 53.9 Å². The van der Waals surface area contributed by atoms with E-state index in [9.17, 15) is 19.2 Å². The van der Waals surface area contributed by atoms with Crippen LogP contribution in [0.3, 0.4) is 0 Å². The molecule has 4 amide bonds. The first-order valence-corrected chi connectivity index (χ1v) is 35.9. The molecule has 0 saturated carbocycles. The fourth-order valence-electron chi connectivity index (χ4n) is 16.7. The number of carbonyl (C=O) groups excluding carboxylic acids is 4. The molecular formula is C72H99ClN10O4S2. The van der Waals surface area contributed by atoms with Crippen molar-refractivity contribution >= 4 is 78.3 Å². The van der Waals surface area contributed by atoms with E-state index in [-0.39, 0.29) is 11.8 Å². The van der Waals surface area contributed by atoms with Crippen molar-refractivity contribution < 1.29 is 19.2 Å². The van der Waals surface area contributed by atoms with Crippen LogP contribution in [-0.4, -0.2) is 195 Å². The van der Waals surface area contributed by atoms with Gasteiger partial charge < -0.3 is 39.8 Å². The Morgan fingerprint density at radius 2 is 0.910 bits per heavy atom. The van der Waals surface area contributed by atoms with E-state index in [2.05, 4.69) is 144 Å². The molecule has 6 aromatic rings. The van der Waals surface area contributed by atoms with Gasteiger partial charge in [0.15, 0.2) is 0 Å². The molecule has 4 aromatic heterocycles. The average molecular weight is 1270 g/mol. The summed E-state index contributed by atoms with van der Waals surface area (Å²) in [4.78, 5) is 78.8. The molecule has 2 aromatic carbocycles. The summed E-state index contributed by atoms with van der Waals surface area (Å²) in [5.74, 6) is 1.61. The highest BCUT2D eigenvalue weighted by Crippen LogP contribution is 2.47. The van der Waals surface area contributed by atoms with Gasteiger partial charge in [-0.05, 0) is 204 Å². The van der Waals surface area contributed by atoms with Gasteiger partial charge in [0, 0.05) is 148 Å². The van der Waals surface area contributed by atoms with Crippen molar-refractivity contribution in [2.45, 2.75) is 193 Å². The van der Waals surface area contributed by atoms with Gasteiger partial charge in [-0.25, -0.2) is 0 Å². The fourth-order valence-corrected chi connectivity index (χ4v) is 19.3. The summed E-state index contributed by atoms with van der Waals surface area (Å²) in [5.41, 5.74) is 11.6. The lowest BCUT2D eigenvalue weighted by molar-refractivity contribution is -0.138. The van der Waals surface area contributed by atoms with E-state index in [1.54, 1.807) is 36.5 Å². The van der Waals surface area contributed by atoms with E-state index in [1.165, 1.54) is 141 Å². The molecule has 2 atom stereocenters. The third kappa shape index (κ3) is 13.2. The predicted molar refractivity (Wildman–Crippen MR) is 366 cm³/mol. The van der Waals surface area contributed by atoms with Crippen LogP contribution in [0, 0.1) is 27.7 Å². The van der Waals surface area contributed by atoms with Crippen LogP contribution in [0.1, 0.15) is 149 Å². The number of benzene rings is 2. The number of alkyl halides is 1. The molecule has 480 valence electrons. The molecular weight excluding hydrogens is 1170 g/mol. The van der Waals surface area contributed by atoms with Gasteiger partial charge in [0.05, 0.1) is 22.2 Å². The largest absolute Gasteiger partial charge is 0.346 e. The first kappa shape index (κ1) is 64.1. The molecule has 0 aliphatic carbocycles. The summed E-state index contributed by atoms with van der Waals surface area (Å²) in [6.45, 7) is 33.6. The molecule has 12 heterocycles. The molecule has 0 radical (unpaired) electrons. The van der Waals surface area contributed by atoms with Crippen LogP contribution in [0.15, 0.2) is 48.5 Å². The minimum absolute atomic E-state index is 0.197. The number of hydrogen-bond donors (Lipinski definition) is 3. The van der Waals surface area contributed by atoms with E-state index in [0.717, 1.165) is 108 Å². The molecule has 14 nitrogen and oxygen atoms in total. The summed E-state index contributed by atoms with van der Waals surface area (Å²) in [6.07, 6.45) is 13.7. The quantitative estimate of drug-likeness (QED) is 0.0974. The number of carbonyl (C=O) groups is 4. The molecule has 4 bridgehead atoms. The van der Waals surface area contributed by atoms with Gasteiger partial charge in [-0.1, -0.05) is 34.4 Å². The highest BCUT2D eigenvalue weighted by Gasteiger charge is 2.49. The summed E-state index contributed by atoms with van der Waals surface area (Å²) >= 11 is 9.73. The Morgan fingerprint density at radius 3 is 1.29 bits per heavy atom. The highest BCUT2D eigenvalue weighted by molar-refractivity contribution is 7.19. The molecule has 89 heavy (non-hydrogen) atoms. The third-order valence-corrected chi connectivity index (χ3v) is 24.7. The Morgan fingerprint density at radius 1 is 0.506 bits per heavy atom. The van der Waals surface area contributed by atoms with Crippen molar-refractivity contribution in [1.82, 2.24) is 49.6 Å². The number of thiophene rings is 2. The van der Waals surface area contributed by atoms with Crippen molar-refractivity contribution in [3.05, 3.63) is 91.7 Å². The van der Waals surface area contributed by atoms with Crippen molar-refractivity contribution in [3.8, 4) is 22.5 Å². The van der Waals surface area contributed by atoms with Gasteiger partial charge in [-0.15, -0.1) is 34.3 Å². The lowest BCUT2D eigenvalue weighted by Crippen LogP contribution is -2.52. The van der Waals surface area contributed by atoms with Gasteiger partial charge in [0.1, 0.15) is 9.66 Å². The van der Waals surface area contributed by atoms with Crippen LogP contribution in [0.25, 0.3) is 42.9 Å². The number of aromatic nitrogens is 2. The first-order chi connectivity index (χ1) is 42.6. The monoisotopic (exact) mass is 1270 g/mol. The molecule has 3 N–H and O–H groups in total. The summed E-state index contributed by atoms with van der Waals surface area (Å²) in [7, 11) is 0. The second-order valence-corrected chi connectivity index (χ2v) is 31.2. The Kier molecular flexibility index (Phi) is 19.1. The number of fused-ring (bicyclic) bond motifs is 6. The number of nitrogens with zero attached hydrogens (tertiary/aromatic N) is 7. The van der Waals surface area contributed by atoms with Gasteiger partial charge in [-0.3, -0.25) is 29.0 Å². The van der Waals surface area contributed by atoms with Crippen molar-refractivity contribution in [2.75, 3.05) is 91.0 Å². The average Bonchev–Trinajstić information content (AvgIpc) is 1.74. The number of nitrogens with one attached hydrogen (secondary N) is 3. The molecule has 8 aliphatic heterocycles. The molecule has 14 rings (SSSR count). The maximum atomic E-state index is 14.0. The SMILES string of the molecule is CC(=O)N1CCN(C2CCN(CCc3c(-c4cc(C)cc(C)c4)[nH]c4sc(C(C)(C)C(=O)N5C6CCC5CC6)cc34)C2)CC1.CC(=O)N1CCN(C2CCNC2)CC1.Cc1cc(C)cc(-c2[nH]c3sc(C(C)(C)C(=O)N4C5CCC4CC5)cc3c2CCCl)c1. The number of piperazine rings is 2. The predicted octanol–water partition coefficient (Wildman–Crippen LogP) is 12.0. The number of rotatable bonds is 13. The van der Waals surface area contributed by atoms with Crippen LogP contribution in [0.5, 0.6) is 0 Å². The second kappa shape index (κ2) is 26.5. The molecule has 8 saturated heterocycles. The smallest absolute Gasteiger partial charge is 0.233 e. The van der Waals surface area contributed by atoms with Crippen molar-refractivity contribution in [1.29, 1.82) is 0 Å². The van der Waals surface area contributed by atoms with Gasteiger partial charge in [0.25, 0.3) is 0 Å². The highest BCUT2D eigenvalue weighted by atomic mass is 35.5. The lowest BCUT2D eigenvalue weighted by atomic mass is 9.88. The summed E-state index contributed by atoms with van der Waals surface area (Å²) < 4.78 is 0. The van der Waals surface area contributed by atoms with Crippen molar-refractivity contribution in [3.63, 3.8) is 0 Å². The number of aryl methyl sites for hydroxylation is 5. The van der Waals surface area contributed by atoms with Gasteiger partial charge in [-0.2, -0.15) is 0 Å². The third-order valence-electron chi connectivity index (χ3n) is 21.7. The van der Waals surface area contributed by atoms with E-state index < -0.39 is 10.8 Å². The standard InChI is InChI=1S/C36H49N5O2S.C26H31ClN2OS.C10H19N3O/c1-23-18-24(2)20-26(19-23)33-30(11-13-38-12-10-29(22-38)40-16-14-39(15-17-40)25(3)42)31-21-32(44-34(31)37-33)36(4,5)35(43)41-27-6-7-28(41)9-8-27;1-15-11-16(2)13-17(12-15)23-20(9-10-27)21-14-22(31-24(21)28-23)26(3,4)25(30)29-18-5-6-19(29)8-7-18;1-9(14)12-4-6-13(7-5-12)10-2-3-11-8-10/h18-21,27-29,37H,6-17,22H2,1-5H3;11-14,18-19,28H,5-10H2,1-4H3;10-11H,2-8H2,1H3. The zero-order valence-corrected chi connectivity index (χ0v) is 57.3. The normalized spacial score (nSPS) is 24.1. The number of likely N-dealkylation sites (tertiary alicyclic amines) is 1. The Balaban J connectivity index is 0.000000147. The number of hydrogen-bond acceptors (Lipinski definition) is 10. The van der Waals surface area contributed by atoms with E-state index >= 15 is 0 Å².